The summed E-state index contributed by atoms with van der Waals surface area (Å²) in [5, 5.41) is 3.44. The Kier molecular flexibility index (Phi) is 4.60. The minimum Gasteiger partial charge on any atom is -0.493 e. The van der Waals surface area contributed by atoms with E-state index in [4.69, 9.17) is 14.2 Å². The Balaban J connectivity index is 1.90. The number of benzene rings is 2. The van der Waals surface area contributed by atoms with Gasteiger partial charge < -0.3 is 19.5 Å². The summed E-state index contributed by atoms with van der Waals surface area (Å²) in [6, 6.07) is 10.4. The largest absolute Gasteiger partial charge is 0.493 e. The van der Waals surface area contributed by atoms with Crippen LogP contribution in [0.2, 0.25) is 0 Å². The predicted molar refractivity (Wildman–Crippen MR) is 92.5 cm³/mol. The smallest absolute Gasteiger partial charge is 0.203 e. The lowest BCUT2D eigenvalue weighted by atomic mass is 9.91. The van der Waals surface area contributed by atoms with E-state index in [2.05, 4.69) is 23.5 Å². The van der Waals surface area contributed by atoms with E-state index in [-0.39, 0.29) is 0 Å². The first-order valence-electron chi connectivity index (χ1n) is 7.94. The summed E-state index contributed by atoms with van der Waals surface area (Å²) in [6.07, 6.45) is 4.94. The molecule has 0 saturated carbocycles. The highest BCUT2D eigenvalue weighted by Crippen LogP contribution is 2.40. The Hall–Kier alpha value is -2.36. The van der Waals surface area contributed by atoms with Gasteiger partial charge in [0.15, 0.2) is 11.5 Å². The van der Waals surface area contributed by atoms with E-state index >= 15 is 0 Å². The highest BCUT2D eigenvalue weighted by atomic mass is 16.5. The van der Waals surface area contributed by atoms with Crippen molar-refractivity contribution in [3.05, 3.63) is 41.5 Å². The summed E-state index contributed by atoms with van der Waals surface area (Å²) >= 11 is 0. The van der Waals surface area contributed by atoms with Gasteiger partial charge in [-0.1, -0.05) is 6.07 Å². The van der Waals surface area contributed by atoms with Crippen LogP contribution in [0.5, 0.6) is 17.2 Å². The first kappa shape index (κ1) is 15.5. The maximum absolute atomic E-state index is 5.40. The minimum absolute atomic E-state index is 0.603. The Morgan fingerprint density at radius 1 is 0.739 bits per heavy atom. The fourth-order valence-electron chi connectivity index (χ4n) is 3.13. The predicted octanol–water partition coefficient (Wildman–Crippen LogP) is 4.33. The van der Waals surface area contributed by atoms with E-state index in [1.165, 1.54) is 36.8 Å². The molecule has 0 saturated heterocycles. The summed E-state index contributed by atoms with van der Waals surface area (Å²) in [6.45, 7) is 0. The third-order valence-corrected chi connectivity index (χ3v) is 4.30. The van der Waals surface area contributed by atoms with E-state index in [0.29, 0.717) is 17.2 Å². The van der Waals surface area contributed by atoms with E-state index in [9.17, 15) is 0 Å². The Morgan fingerprint density at radius 3 is 2.00 bits per heavy atom. The Labute approximate surface area is 137 Å². The Bertz CT molecular complexity index is 672. The van der Waals surface area contributed by atoms with Crippen LogP contribution in [0.1, 0.15) is 24.0 Å². The number of anilines is 2. The van der Waals surface area contributed by atoms with Crippen molar-refractivity contribution in [1.29, 1.82) is 0 Å². The van der Waals surface area contributed by atoms with Crippen molar-refractivity contribution in [2.75, 3.05) is 26.6 Å². The lowest BCUT2D eigenvalue weighted by Gasteiger charge is -2.18. The van der Waals surface area contributed by atoms with Crippen LogP contribution >= 0.6 is 0 Å². The molecule has 1 aliphatic carbocycles. The monoisotopic (exact) mass is 313 g/mol. The summed E-state index contributed by atoms with van der Waals surface area (Å²) in [4.78, 5) is 0. The van der Waals surface area contributed by atoms with Gasteiger partial charge in [-0.2, -0.15) is 0 Å². The van der Waals surface area contributed by atoms with Gasteiger partial charge >= 0.3 is 0 Å². The van der Waals surface area contributed by atoms with Crippen molar-refractivity contribution in [3.8, 4) is 17.2 Å². The standard InChI is InChI=1S/C19H23NO3/c1-21-17-11-16(12-18(22-2)19(17)23-3)20-15-9-8-13-6-4-5-7-14(13)10-15/h8-12,20H,4-7H2,1-3H3. The van der Waals surface area contributed by atoms with Gasteiger partial charge in [-0.3, -0.25) is 0 Å². The maximum Gasteiger partial charge on any atom is 0.203 e. The van der Waals surface area contributed by atoms with Gasteiger partial charge in [0.05, 0.1) is 21.3 Å². The number of rotatable bonds is 5. The van der Waals surface area contributed by atoms with Crippen LogP contribution in [0.15, 0.2) is 30.3 Å². The molecular weight excluding hydrogens is 290 g/mol. The molecule has 4 nitrogen and oxygen atoms in total. The van der Waals surface area contributed by atoms with Crippen LogP contribution in [0.3, 0.4) is 0 Å². The van der Waals surface area contributed by atoms with Crippen LogP contribution in [0, 0.1) is 0 Å². The molecule has 0 radical (unpaired) electrons. The van der Waals surface area contributed by atoms with Gasteiger partial charge in [0, 0.05) is 23.5 Å². The summed E-state index contributed by atoms with van der Waals surface area (Å²) in [5.74, 6) is 1.89. The topological polar surface area (TPSA) is 39.7 Å². The van der Waals surface area contributed by atoms with Crippen LogP contribution in [-0.4, -0.2) is 21.3 Å². The third-order valence-electron chi connectivity index (χ3n) is 4.30. The molecule has 4 heteroatoms. The number of methoxy groups -OCH3 is 3. The van der Waals surface area contributed by atoms with Gasteiger partial charge in [0.2, 0.25) is 5.75 Å². The van der Waals surface area contributed by atoms with Crippen molar-refractivity contribution in [3.63, 3.8) is 0 Å². The van der Waals surface area contributed by atoms with Crippen molar-refractivity contribution in [1.82, 2.24) is 0 Å². The lowest BCUT2D eigenvalue weighted by molar-refractivity contribution is 0.324. The van der Waals surface area contributed by atoms with Gasteiger partial charge in [-0.25, -0.2) is 0 Å². The summed E-state index contributed by atoms with van der Waals surface area (Å²) in [7, 11) is 4.86. The second kappa shape index (κ2) is 6.82. The minimum atomic E-state index is 0.603. The molecule has 2 aromatic rings. The highest BCUT2D eigenvalue weighted by molar-refractivity contribution is 5.68. The molecule has 0 amide bonds. The van der Waals surface area contributed by atoms with E-state index in [0.717, 1.165) is 11.4 Å². The van der Waals surface area contributed by atoms with Gasteiger partial charge in [0.25, 0.3) is 0 Å². The fourth-order valence-corrected chi connectivity index (χ4v) is 3.13. The van der Waals surface area contributed by atoms with Crippen LogP contribution in [0.25, 0.3) is 0 Å². The van der Waals surface area contributed by atoms with Crippen molar-refractivity contribution in [2.24, 2.45) is 0 Å². The number of aryl methyl sites for hydroxylation is 2. The SMILES string of the molecule is COc1cc(Nc2ccc3c(c2)CCCC3)cc(OC)c1OC. The molecular formula is C19H23NO3. The number of nitrogens with one attached hydrogen (secondary N) is 1. The van der Waals surface area contributed by atoms with Crippen molar-refractivity contribution >= 4 is 11.4 Å². The van der Waals surface area contributed by atoms with Crippen LogP contribution < -0.4 is 19.5 Å². The van der Waals surface area contributed by atoms with Crippen LogP contribution in [0.4, 0.5) is 11.4 Å². The zero-order valence-corrected chi connectivity index (χ0v) is 13.9. The second-order valence-corrected chi connectivity index (χ2v) is 5.73. The van der Waals surface area contributed by atoms with Crippen molar-refractivity contribution < 1.29 is 14.2 Å². The molecule has 122 valence electrons. The van der Waals surface area contributed by atoms with E-state index in [1.54, 1.807) is 21.3 Å². The third kappa shape index (κ3) is 3.21. The lowest BCUT2D eigenvalue weighted by Crippen LogP contribution is -2.03. The first-order chi connectivity index (χ1) is 11.2. The van der Waals surface area contributed by atoms with Crippen LogP contribution in [-0.2, 0) is 12.8 Å². The molecule has 1 N–H and O–H groups in total. The molecule has 0 unspecified atom stereocenters. The number of hydrogen-bond acceptors (Lipinski definition) is 4. The average Bonchev–Trinajstić information content (AvgIpc) is 2.60. The normalized spacial score (nSPS) is 13.2. The zero-order valence-electron chi connectivity index (χ0n) is 13.9. The second-order valence-electron chi connectivity index (χ2n) is 5.73. The van der Waals surface area contributed by atoms with E-state index in [1.807, 2.05) is 12.1 Å². The summed E-state index contributed by atoms with van der Waals surface area (Å²) < 4.78 is 16.2. The molecule has 1 aliphatic rings. The van der Waals surface area contributed by atoms with Gasteiger partial charge in [0.1, 0.15) is 0 Å². The molecule has 23 heavy (non-hydrogen) atoms. The average molecular weight is 313 g/mol. The molecule has 0 aliphatic heterocycles. The van der Waals surface area contributed by atoms with Gasteiger partial charge in [-0.15, -0.1) is 0 Å². The molecule has 0 atom stereocenters. The molecule has 0 heterocycles. The first-order valence-corrected chi connectivity index (χ1v) is 7.94. The molecule has 0 spiro atoms. The zero-order chi connectivity index (χ0) is 16.2. The highest BCUT2D eigenvalue weighted by Gasteiger charge is 2.14. The molecule has 0 aromatic heterocycles. The molecule has 0 fully saturated rings. The number of fused-ring (bicyclic) bond motifs is 1. The fraction of sp³-hybridized carbons (Fsp3) is 0.368. The van der Waals surface area contributed by atoms with Gasteiger partial charge in [-0.05, 0) is 48.9 Å². The molecule has 2 aromatic carbocycles. The quantitative estimate of drug-likeness (QED) is 0.891. The number of ether oxygens (including phenoxy) is 3. The Morgan fingerprint density at radius 2 is 1.39 bits per heavy atom. The number of hydrogen-bond donors (Lipinski definition) is 1. The molecule has 3 rings (SSSR count). The van der Waals surface area contributed by atoms with Crippen molar-refractivity contribution in [2.45, 2.75) is 25.7 Å². The summed E-state index contributed by atoms with van der Waals surface area (Å²) in [5.41, 5.74) is 4.93. The van der Waals surface area contributed by atoms with E-state index < -0.39 is 0 Å². The maximum atomic E-state index is 5.40. The molecule has 0 bridgehead atoms.